The van der Waals surface area contributed by atoms with Crippen LogP contribution in [0.2, 0.25) is 0 Å². The lowest BCUT2D eigenvalue weighted by Gasteiger charge is -2.26. The van der Waals surface area contributed by atoms with E-state index in [1.54, 1.807) is 11.3 Å². The van der Waals surface area contributed by atoms with Gasteiger partial charge in [0.2, 0.25) is 0 Å². The van der Waals surface area contributed by atoms with Crippen LogP contribution in [0.5, 0.6) is 0 Å². The molecule has 1 aliphatic rings. The first-order valence-corrected chi connectivity index (χ1v) is 5.70. The summed E-state index contributed by atoms with van der Waals surface area (Å²) in [6.07, 6.45) is -1.59. The molecule has 0 fully saturated rings. The first kappa shape index (κ1) is 9.09. The summed E-state index contributed by atoms with van der Waals surface area (Å²) in [5.74, 6) is 0. The number of hydrogen-bond donors (Lipinski definition) is 2. The molecule has 0 saturated heterocycles. The lowest BCUT2D eigenvalue weighted by atomic mass is 9.87. The molecule has 2 aromatic rings. The smallest absolute Gasteiger partial charge is 0.110 e. The lowest BCUT2D eigenvalue weighted by molar-refractivity contribution is 0.0161. The molecule has 1 heterocycles. The van der Waals surface area contributed by atoms with Crippen molar-refractivity contribution in [2.75, 3.05) is 0 Å². The Morgan fingerprint density at radius 1 is 0.933 bits per heavy atom. The van der Waals surface area contributed by atoms with E-state index in [2.05, 4.69) is 0 Å². The van der Waals surface area contributed by atoms with Crippen LogP contribution in [0.25, 0.3) is 10.4 Å². The molecule has 0 bridgehead atoms. The highest BCUT2D eigenvalue weighted by Crippen LogP contribution is 2.46. The van der Waals surface area contributed by atoms with Gasteiger partial charge in [0.15, 0.2) is 0 Å². The monoisotopic (exact) mass is 218 g/mol. The summed E-state index contributed by atoms with van der Waals surface area (Å²) in [4.78, 5) is 1.07. The molecular weight excluding hydrogens is 208 g/mol. The van der Waals surface area contributed by atoms with Crippen molar-refractivity contribution in [1.29, 1.82) is 0 Å². The molecule has 0 amide bonds. The summed E-state index contributed by atoms with van der Waals surface area (Å²) in [5, 5.41) is 21.8. The van der Waals surface area contributed by atoms with Gasteiger partial charge in [0, 0.05) is 10.4 Å². The van der Waals surface area contributed by atoms with E-state index >= 15 is 0 Å². The van der Waals surface area contributed by atoms with E-state index in [9.17, 15) is 10.2 Å². The molecule has 0 spiro atoms. The highest BCUT2D eigenvalue weighted by molar-refractivity contribution is 7.13. The van der Waals surface area contributed by atoms with Gasteiger partial charge >= 0.3 is 0 Å². The average Bonchev–Trinajstić information content (AvgIpc) is 2.75. The van der Waals surface area contributed by atoms with Crippen molar-refractivity contribution in [3.05, 3.63) is 46.8 Å². The number of aliphatic hydroxyl groups excluding tert-OH is 2. The SMILES string of the molecule is OC1c2ccccc2-c2sccc2C1O. The predicted molar refractivity (Wildman–Crippen MR) is 59.7 cm³/mol. The van der Waals surface area contributed by atoms with E-state index in [0.717, 1.165) is 21.6 Å². The quantitative estimate of drug-likeness (QED) is 0.713. The molecule has 1 aromatic carbocycles. The van der Waals surface area contributed by atoms with Crippen LogP contribution in [0.3, 0.4) is 0 Å². The van der Waals surface area contributed by atoms with E-state index in [-0.39, 0.29) is 0 Å². The molecule has 0 aliphatic heterocycles. The fourth-order valence-electron chi connectivity index (χ4n) is 2.07. The Morgan fingerprint density at radius 2 is 1.67 bits per heavy atom. The van der Waals surface area contributed by atoms with Crippen LogP contribution in [0.4, 0.5) is 0 Å². The minimum Gasteiger partial charge on any atom is -0.385 e. The zero-order valence-corrected chi connectivity index (χ0v) is 8.74. The summed E-state index contributed by atoms with van der Waals surface area (Å²) < 4.78 is 0. The number of rotatable bonds is 0. The van der Waals surface area contributed by atoms with Gasteiger partial charge in [0.25, 0.3) is 0 Å². The zero-order valence-electron chi connectivity index (χ0n) is 7.92. The minimum absolute atomic E-state index is 0.791. The molecule has 3 heteroatoms. The molecule has 1 aliphatic carbocycles. The van der Waals surface area contributed by atoms with Crippen molar-refractivity contribution in [3.8, 4) is 10.4 Å². The van der Waals surface area contributed by atoms with Crippen LogP contribution < -0.4 is 0 Å². The van der Waals surface area contributed by atoms with Crippen LogP contribution >= 0.6 is 11.3 Å². The van der Waals surface area contributed by atoms with Crippen molar-refractivity contribution >= 4 is 11.3 Å². The van der Waals surface area contributed by atoms with Gasteiger partial charge in [-0.2, -0.15) is 0 Å². The van der Waals surface area contributed by atoms with Crippen molar-refractivity contribution in [2.45, 2.75) is 12.2 Å². The first-order chi connectivity index (χ1) is 7.29. The molecule has 3 rings (SSSR count). The van der Waals surface area contributed by atoms with Crippen LogP contribution in [-0.2, 0) is 0 Å². The number of fused-ring (bicyclic) bond motifs is 3. The van der Waals surface area contributed by atoms with Crippen LogP contribution in [-0.4, -0.2) is 10.2 Å². The van der Waals surface area contributed by atoms with Gasteiger partial charge < -0.3 is 10.2 Å². The summed E-state index contributed by atoms with van der Waals surface area (Å²) in [5.41, 5.74) is 2.70. The van der Waals surface area contributed by atoms with Gasteiger partial charge in [0.1, 0.15) is 12.2 Å². The molecule has 2 N–H and O–H groups in total. The van der Waals surface area contributed by atoms with Crippen molar-refractivity contribution in [2.24, 2.45) is 0 Å². The molecule has 2 atom stereocenters. The number of benzene rings is 1. The average molecular weight is 218 g/mol. The number of aliphatic hydroxyl groups is 2. The van der Waals surface area contributed by atoms with Gasteiger partial charge in [0.05, 0.1) is 0 Å². The summed E-state index contributed by atoms with van der Waals surface area (Å²) in [6, 6.07) is 9.57. The topological polar surface area (TPSA) is 40.5 Å². The second kappa shape index (κ2) is 3.17. The van der Waals surface area contributed by atoms with E-state index < -0.39 is 12.2 Å². The molecule has 1 aromatic heterocycles. The van der Waals surface area contributed by atoms with Crippen molar-refractivity contribution in [1.82, 2.24) is 0 Å². The third-order valence-electron chi connectivity index (χ3n) is 2.84. The molecule has 76 valence electrons. The Labute approximate surface area is 91.4 Å². The molecular formula is C12H10O2S. The zero-order chi connectivity index (χ0) is 10.4. The van der Waals surface area contributed by atoms with Crippen molar-refractivity contribution in [3.63, 3.8) is 0 Å². The predicted octanol–water partition coefficient (Wildman–Crippen LogP) is 2.50. The highest BCUT2D eigenvalue weighted by Gasteiger charge is 2.31. The van der Waals surface area contributed by atoms with E-state index in [0.29, 0.717) is 0 Å². The number of thiophene rings is 1. The fourth-order valence-corrected chi connectivity index (χ4v) is 3.06. The van der Waals surface area contributed by atoms with E-state index in [4.69, 9.17) is 0 Å². The van der Waals surface area contributed by atoms with Crippen LogP contribution in [0.15, 0.2) is 35.7 Å². The summed E-state index contributed by atoms with van der Waals surface area (Å²) in [7, 11) is 0. The molecule has 2 unspecified atom stereocenters. The maximum atomic E-state index is 9.95. The Balaban J connectivity index is 2.32. The van der Waals surface area contributed by atoms with Gasteiger partial charge in [-0.15, -0.1) is 11.3 Å². The highest BCUT2D eigenvalue weighted by atomic mass is 32.1. The lowest BCUT2D eigenvalue weighted by Crippen LogP contribution is -2.15. The Kier molecular flexibility index (Phi) is 1.92. The van der Waals surface area contributed by atoms with E-state index in [1.165, 1.54) is 0 Å². The fraction of sp³-hybridized carbons (Fsp3) is 0.167. The Hall–Kier alpha value is -1.16. The van der Waals surface area contributed by atoms with E-state index in [1.807, 2.05) is 35.7 Å². The Morgan fingerprint density at radius 3 is 2.53 bits per heavy atom. The van der Waals surface area contributed by atoms with Gasteiger partial charge in [-0.3, -0.25) is 0 Å². The van der Waals surface area contributed by atoms with Gasteiger partial charge in [-0.25, -0.2) is 0 Å². The Bertz CT molecular complexity index is 504. The third kappa shape index (κ3) is 1.17. The first-order valence-electron chi connectivity index (χ1n) is 4.82. The van der Waals surface area contributed by atoms with Crippen molar-refractivity contribution < 1.29 is 10.2 Å². The van der Waals surface area contributed by atoms with Crippen LogP contribution in [0, 0.1) is 0 Å². The van der Waals surface area contributed by atoms with Gasteiger partial charge in [-0.1, -0.05) is 24.3 Å². The molecule has 2 nitrogen and oxygen atoms in total. The minimum atomic E-state index is -0.802. The number of hydrogen-bond acceptors (Lipinski definition) is 3. The maximum absolute atomic E-state index is 9.95. The molecule has 0 saturated carbocycles. The molecule has 15 heavy (non-hydrogen) atoms. The standard InChI is InChI=1S/C12H10O2S/c13-10-7-3-1-2-4-8(7)12-9(11(10)14)5-6-15-12/h1-6,10-11,13-14H. The normalized spacial score (nSPS) is 23.3. The summed E-state index contributed by atoms with van der Waals surface area (Å²) in [6.45, 7) is 0. The second-order valence-electron chi connectivity index (χ2n) is 3.68. The second-order valence-corrected chi connectivity index (χ2v) is 4.60. The third-order valence-corrected chi connectivity index (χ3v) is 3.80. The van der Waals surface area contributed by atoms with Crippen LogP contribution in [0.1, 0.15) is 23.3 Å². The summed E-state index contributed by atoms with van der Waals surface area (Å²) >= 11 is 1.60. The largest absolute Gasteiger partial charge is 0.385 e. The van der Waals surface area contributed by atoms with Gasteiger partial charge in [-0.05, 0) is 22.6 Å². The molecule has 0 radical (unpaired) electrons. The maximum Gasteiger partial charge on any atom is 0.110 e.